The van der Waals surface area contributed by atoms with Gasteiger partial charge in [-0.25, -0.2) is 15.0 Å². The van der Waals surface area contributed by atoms with Crippen molar-refractivity contribution >= 4 is 16.9 Å². The van der Waals surface area contributed by atoms with Gasteiger partial charge in [0.05, 0.1) is 17.8 Å². The van der Waals surface area contributed by atoms with E-state index in [0.717, 1.165) is 16.7 Å². The lowest BCUT2D eigenvalue weighted by molar-refractivity contribution is 0.485. The van der Waals surface area contributed by atoms with Crippen LogP contribution in [-0.4, -0.2) is 25.1 Å². The molecule has 0 aliphatic heterocycles. The van der Waals surface area contributed by atoms with E-state index in [9.17, 15) is 0 Å². The minimum absolute atomic E-state index is 0.144. The molecule has 0 saturated heterocycles. The Bertz CT molecular complexity index is 975. The quantitative estimate of drug-likeness (QED) is 0.598. The number of hydrogen-bond donors (Lipinski definition) is 2. The number of fused-ring (bicyclic) bond motifs is 1. The van der Waals surface area contributed by atoms with Crippen molar-refractivity contribution in [2.24, 2.45) is 0 Å². The van der Waals surface area contributed by atoms with Gasteiger partial charge in [0.2, 0.25) is 5.89 Å². The third-order valence-corrected chi connectivity index (χ3v) is 3.73. The summed E-state index contributed by atoms with van der Waals surface area (Å²) in [4.78, 5) is 13.1. The van der Waals surface area contributed by atoms with Crippen molar-refractivity contribution in [3.8, 4) is 11.3 Å². The summed E-state index contributed by atoms with van der Waals surface area (Å²) in [5.41, 5.74) is 1.70. The molecule has 0 fully saturated rings. The van der Waals surface area contributed by atoms with Gasteiger partial charge in [-0.3, -0.25) is 5.10 Å². The van der Waals surface area contributed by atoms with Crippen LogP contribution >= 0.6 is 0 Å². The minimum Gasteiger partial charge on any atom is -0.438 e. The molecule has 7 heteroatoms. The van der Waals surface area contributed by atoms with E-state index in [1.165, 1.54) is 0 Å². The lowest BCUT2D eigenvalue weighted by Crippen LogP contribution is -2.09. The molecule has 0 aliphatic rings. The van der Waals surface area contributed by atoms with Gasteiger partial charge in [-0.05, 0) is 13.8 Å². The second-order valence-corrected chi connectivity index (χ2v) is 5.55. The summed E-state index contributed by atoms with van der Waals surface area (Å²) < 4.78 is 5.89. The van der Waals surface area contributed by atoms with E-state index >= 15 is 0 Å². The third kappa shape index (κ3) is 2.60. The van der Waals surface area contributed by atoms with Crippen LogP contribution in [-0.2, 0) is 0 Å². The molecule has 0 bridgehead atoms. The molecule has 120 valence electrons. The molecular formula is C17H16N6O. The molecule has 3 aromatic heterocycles. The summed E-state index contributed by atoms with van der Waals surface area (Å²) in [5.74, 6) is 2.71. The Morgan fingerprint density at radius 2 is 1.96 bits per heavy atom. The Labute approximate surface area is 138 Å². The molecule has 2 N–H and O–H groups in total. The summed E-state index contributed by atoms with van der Waals surface area (Å²) >= 11 is 0. The first kappa shape index (κ1) is 14.4. The number of aromatic nitrogens is 5. The zero-order valence-corrected chi connectivity index (χ0v) is 13.3. The Morgan fingerprint density at radius 3 is 2.79 bits per heavy atom. The van der Waals surface area contributed by atoms with Crippen LogP contribution < -0.4 is 5.32 Å². The number of aromatic amines is 1. The SMILES string of the molecule is Cc1nc(NC(C)c2ncc(-c3ccccc3)o2)c2cn[nH]c2n1. The van der Waals surface area contributed by atoms with E-state index in [1.54, 1.807) is 12.4 Å². The zero-order valence-electron chi connectivity index (χ0n) is 13.3. The van der Waals surface area contributed by atoms with Gasteiger partial charge in [0.15, 0.2) is 11.4 Å². The highest BCUT2D eigenvalue weighted by Gasteiger charge is 2.16. The van der Waals surface area contributed by atoms with Crippen LogP contribution in [0, 0.1) is 6.92 Å². The van der Waals surface area contributed by atoms with Gasteiger partial charge in [-0.1, -0.05) is 30.3 Å². The fraction of sp³-hybridized carbons (Fsp3) is 0.176. The maximum absolute atomic E-state index is 5.89. The Kier molecular flexibility index (Phi) is 3.45. The van der Waals surface area contributed by atoms with E-state index in [-0.39, 0.29) is 6.04 Å². The monoisotopic (exact) mass is 320 g/mol. The first-order valence-corrected chi connectivity index (χ1v) is 7.66. The molecule has 0 aliphatic carbocycles. The van der Waals surface area contributed by atoms with E-state index in [0.29, 0.717) is 23.2 Å². The second-order valence-electron chi connectivity index (χ2n) is 5.55. The lowest BCUT2D eigenvalue weighted by atomic mass is 10.2. The number of nitrogens with zero attached hydrogens (tertiary/aromatic N) is 4. The Hall–Kier alpha value is -3.22. The van der Waals surface area contributed by atoms with E-state index in [4.69, 9.17) is 4.42 Å². The number of anilines is 1. The van der Waals surface area contributed by atoms with E-state index in [2.05, 4.69) is 30.5 Å². The maximum atomic E-state index is 5.89. The van der Waals surface area contributed by atoms with Crippen LogP contribution in [0.15, 0.2) is 47.1 Å². The van der Waals surface area contributed by atoms with Crippen LogP contribution in [0.2, 0.25) is 0 Å². The van der Waals surface area contributed by atoms with Crippen LogP contribution in [0.25, 0.3) is 22.4 Å². The van der Waals surface area contributed by atoms with Gasteiger partial charge < -0.3 is 9.73 Å². The van der Waals surface area contributed by atoms with Crippen LogP contribution in [0.3, 0.4) is 0 Å². The van der Waals surface area contributed by atoms with Gasteiger partial charge in [0.25, 0.3) is 0 Å². The number of nitrogens with one attached hydrogen (secondary N) is 2. The molecule has 4 aromatic rings. The molecule has 24 heavy (non-hydrogen) atoms. The molecule has 3 heterocycles. The average molecular weight is 320 g/mol. The number of H-pyrrole nitrogens is 1. The predicted octanol–water partition coefficient (Wildman–Crippen LogP) is 3.49. The van der Waals surface area contributed by atoms with Crippen molar-refractivity contribution < 1.29 is 4.42 Å². The largest absolute Gasteiger partial charge is 0.438 e. The Morgan fingerprint density at radius 1 is 1.12 bits per heavy atom. The molecule has 4 rings (SSSR count). The van der Waals surface area contributed by atoms with Crippen molar-refractivity contribution in [3.63, 3.8) is 0 Å². The topological polar surface area (TPSA) is 92.5 Å². The highest BCUT2D eigenvalue weighted by atomic mass is 16.4. The van der Waals surface area contributed by atoms with E-state index < -0.39 is 0 Å². The number of aryl methyl sites for hydroxylation is 1. The summed E-state index contributed by atoms with van der Waals surface area (Å²) in [5, 5.41) is 11.0. The van der Waals surface area contributed by atoms with Gasteiger partial charge in [0, 0.05) is 5.56 Å². The predicted molar refractivity (Wildman–Crippen MR) is 90.4 cm³/mol. The van der Waals surface area contributed by atoms with Crippen molar-refractivity contribution in [1.29, 1.82) is 0 Å². The highest BCUT2D eigenvalue weighted by Crippen LogP contribution is 2.26. The normalized spacial score (nSPS) is 12.4. The third-order valence-electron chi connectivity index (χ3n) is 3.73. The van der Waals surface area contributed by atoms with Crippen LogP contribution in [0.5, 0.6) is 0 Å². The van der Waals surface area contributed by atoms with Gasteiger partial charge in [0.1, 0.15) is 17.7 Å². The van der Waals surface area contributed by atoms with Gasteiger partial charge >= 0.3 is 0 Å². The van der Waals surface area contributed by atoms with Crippen molar-refractivity contribution in [3.05, 3.63) is 54.4 Å². The molecule has 1 aromatic carbocycles. The van der Waals surface area contributed by atoms with Crippen LogP contribution in [0.1, 0.15) is 24.7 Å². The standard InChI is InChI=1S/C17H16N6O/c1-10(17-18-9-14(24-17)12-6-4-3-5-7-12)20-15-13-8-19-23-16(13)22-11(2)21-15/h3-10H,1-2H3,(H2,19,20,21,22,23). The fourth-order valence-corrected chi connectivity index (χ4v) is 2.55. The number of hydrogen-bond acceptors (Lipinski definition) is 6. The Balaban J connectivity index is 1.61. The maximum Gasteiger partial charge on any atom is 0.217 e. The summed E-state index contributed by atoms with van der Waals surface area (Å²) in [6.45, 7) is 3.82. The van der Waals surface area contributed by atoms with Crippen molar-refractivity contribution in [1.82, 2.24) is 25.1 Å². The summed E-state index contributed by atoms with van der Waals surface area (Å²) in [6, 6.07) is 9.75. The average Bonchev–Trinajstić information content (AvgIpc) is 3.24. The number of rotatable bonds is 4. The van der Waals surface area contributed by atoms with Crippen LogP contribution in [0.4, 0.5) is 5.82 Å². The number of benzene rings is 1. The zero-order chi connectivity index (χ0) is 16.5. The summed E-state index contributed by atoms with van der Waals surface area (Å²) in [6.07, 6.45) is 3.44. The number of oxazole rings is 1. The lowest BCUT2D eigenvalue weighted by Gasteiger charge is -2.12. The first-order valence-electron chi connectivity index (χ1n) is 7.66. The molecule has 7 nitrogen and oxygen atoms in total. The van der Waals surface area contributed by atoms with Gasteiger partial charge in [-0.15, -0.1) is 0 Å². The summed E-state index contributed by atoms with van der Waals surface area (Å²) in [7, 11) is 0. The smallest absolute Gasteiger partial charge is 0.217 e. The fourth-order valence-electron chi connectivity index (χ4n) is 2.55. The second kappa shape index (κ2) is 5.77. The molecular weight excluding hydrogens is 304 g/mol. The minimum atomic E-state index is -0.144. The van der Waals surface area contributed by atoms with Crippen molar-refractivity contribution in [2.75, 3.05) is 5.32 Å². The highest BCUT2D eigenvalue weighted by molar-refractivity contribution is 5.85. The van der Waals surface area contributed by atoms with Crippen molar-refractivity contribution in [2.45, 2.75) is 19.9 Å². The molecule has 1 unspecified atom stereocenters. The first-order chi connectivity index (χ1) is 11.7. The molecule has 1 atom stereocenters. The molecule has 0 spiro atoms. The molecule has 0 radical (unpaired) electrons. The molecule has 0 saturated carbocycles. The van der Waals surface area contributed by atoms with Gasteiger partial charge in [-0.2, -0.15) is 5.10 Å². The van der Waals surface area contributed by atoms with E-state index in [1.807, 2.05) is 44.2 Å². The molecule has 0 amide bonds.